The van der Waals surface area contributed by atoms with Crippen molar-refractivity contribution >= 4 is 57.5 Å². The van der Waals surface area contributed by atoms with E-state index < -0.39 is 5.25 Å². The van der Waals surface area contributed by atoms with Crippen LogP contribution in [0.5, 0.6) is 0 Å². The summed E-state index contributed by atoms with van der Waals surface area (Å²) < 4.78 is 0. The molecule has 1 aliphatic rings. The van der Waals surface area contributed by atoms with Gasteiger partial charge in [-0.3, -0.25) is 19.3 Å². The Bertz CT molecular complexity index is 1080. The Morgan fingerprint density at radius 3 is 2.74 bits per heavy atom. The van der Waals surface area contributed by atoms with E-state index in [-0.39, 0.29) is 24.0 Å². The summed E-state index contributed by atoms with van der Waals surface area (Å²) in [6.07, 6.45) is 1.60. The van der Waals surface area contributed by atoms with Gasteiger partial charge in [0.15, 0.2) is 11.0 Å². The fraction of sp³-hybridized carbons (Fsp3) is 0.217. The van der Waals surface area contributed by atoms with Crippen molar-refractivity contribution in [2.45, 2.75) is 25.5 Å². The van der Waals surface area contributed by atoms with Crippen molar-refractivity contribution < 1.29 is 14.4 Å². The molecule has 1 heterocycles. The Hall–Kier alpha value is -2.90. The molecular weight excluding hydrogens is 434 g/mol. The number of rotatable bonds is 7. The zero-order valence-electron chi connectivity index (χ0n) is 17.2. The highest BCUT2D eigenvalue weighted by Gasteiger charge is 2.38. The van der Waals surface area contributed by atoms with Gasteiger partial charge in [0.25, 0.3) is 0 Å². The molecule has 0 aromatic heterocycles. The van der Waals surface area contributed by atoms with Gasteiger partial charge in [0.2, 0.25) is 11.8 Å². The predicted octanol–water partition coefficient (Wildman–Crippen LogP) is 5.00. The third-order valence-electron chi connectivity index (χ3n) is 4.71. The molecule has 0 bridgehead atoms. The number of ketones is 1. The van der Waals surface area contributed by atoms with E-state index in [2.05, 4.69) is 16.9 Å². The number of amidine groups is 1. The monoisotopic (exact) mass is 455 g/mol. The average Bonchev–Trinajstić information content (AvgIpc) is 3.00. The van der Waals surface area contributed by atoms with Crippen LogP contribution in [0.25, 0.3) is 0 Å². The average molecular weight is 456 g/mol. The molecule has 1 aliphatic heterocycles. The topological polar surface area (TPSA) is 78.8 Å². The largest absolute Gasteiger partial charge is 0.326 e. The van der Waals surface area contributed by atoms with Crippen LogP contribution in [0.15, 0.2) is 60.1 Å². The standard InChI is InChI=1S/C23H22ClN3O3S/c1-4-11-27-22(30)20(31-23(27)26-19-10-6-9-18(24)14(19)2)13-21(29)25-17-8-5-7-16(12-17)15(3)28/h4-10,12,20H,1,11,13H2,2-3H3,(H,25,29). The van der Waals surface area contributed by atoms with Crippen molar-refractivity contribution in [3.8, 4) is 0 Å². The molecule has 2 aromatic rings. The van der Waals surface area contributed by atoms with E-state index in [1.807, 2.05) is 13.0 Å². The zero-order chi connectivity index (χ0) is 22.5. The number of anilines is 1. The SMILES string of the molecule is C=CCN1C(=O)C(CC(=O)Nc2cccc(C(C)=O)c2)SC1=Nc1cccc(Cl)c1C. The second kappa shape index (κ2) is 9.94. The van der Waals surface area contributed by atoms with Gasteiger partial charge in [0.05, 0.1) is 5.69 Å². The molecular formula is C23H22ClN3O3S. The number of aliphatic imine (C=N–C) groups is 1. The molecule has 1 fully saturated rings. The van der Waals surface area contributed by atoms with Crippen molar-refractivity contribution in [3.05, 3.63) is 71.3 Å². The lowest BCUT2D eigenvalue weighted by Gasteiger charge is -2.14. The lowest BCUT2D eigenvalue weighted by atomic mass is 10.1. The van der Waals surface area contributed by atoms with Crippen LogP contribution in [-0.4, -0.2) is 39.5 Å². The smallest absolute Gasteiger partial charge is 0.242 e. The van der Waals surface area contributed by atoms with Crippen molar-refractivity contribution in [3.63, 3.8) is 0 Å². The first-order chi connectivity index (χ1) is 14.8. The van der Waals surface area contributed by atoms with Crippen LogP contribution in [0, 0.1) is 6.92 Å². The summed E-state index contributed by atoms with van der Waals surface area (Å²) in [5, 5.41) is 3.26. The third kappa shape index (κ3) is 5.42. The summed E-state index contributed by atoms with van der Waals surface area (Å²) in [5.41, 5.74) is 2.50. The fourth-order valence-electron chi connectivity index (χ4n) is 3.04. The second-order valence-electron chi connectivity index (χ2n) is 7.01. The first-order valence-corrected chi connectivity index (χ1v) is 10.9. The first kappa shape index (κ1) is 22.8. The summed E-state index contributed by atoms with van der Waals surface area (Å²) in [5.74, 6) is -0.601. The maximum absolute atomic E-state index is 12.9. The van der Waals surface area contributed by atoms with E-state index in [1.165, 1.54) is 23.6 Å². The highest BCUT2D eigenvalue weighted by Crippen LogP contribution is 2.34. The van der Waals surface area contributed by atoms with Crippen molar-refractivity contribution in [1.29, 1.82) is 0 Å². The quantitative estimate of drug-likeness (QED) is 0.470. The Morgan fingerprint density at radius 2 is 2.03 bits per heavy atom. The van der Waals surface area contributed by atoms with Crippen LogP contribution in [0.4, 0.5) is 11.4 Å². The zero-order valence-corrected chi connectivity index (χ0v) is 18.8. The number of nitrogens with zero attached hydrogens (tertiary/aromatic N) is 2. The molecule has 31 heavy (non-hydrogen) atoms. The third-order valence-corrected chi connectivity index (χ3v) is 6.30. The van der Waals surface area contributed by atoms with Crippen LogP contribution >= 0.6 is 23.4 Å². The number of hydrogen-bond donors (Lipinski definition) is 1. The molecule has 2 amide bonds. The van der Waals surface area contributed by atoms with E-state index in [1.54, 1.807) is 42.5 Å². The number of nitrogens with one attached hydrogen (secondary N) is 1. The Kier molecular flexibility index (Phi) is 7.30. The van der Waals surface area contributed by atoms with Gasteiger partial charge in [-0.05, 0) is 43.7 Å². The normalized spacial score (nSPS) is 17.1. The molecule has 0 radical (unpaired) electrons. The summed E-state index contributed by atoms with van der Waals surface area (Å²) in [6.45, 7) is 7.33. The van der Waals surface area contributed by atoms with Crippen LogP contribution in [-0.2, 0) is 9.59 Å². The predicted molar refractivity (Wildman–Crippen MR) is 126 cm³/mol. The number of thioether (sulfide) groups is 1. The maximum Gasteiger partial charge on any atom is 0.242 e. The van der Waals surface area contributed by atoms with E-state index >= 15 is 0 Å². The van der Waals surface area contributed by atoms with E-state index in [9.17, 15) is 14.4 Å². The van der Waals surface area contributed by atoms with E-state index in [0.717, 1.165) is 5.56 Å². The lowest BCUT2D eigenvalue weighted by molar-refractivity contribution is -0.127. The summed E-state index contributed by atoms with van der Waals surface area (Å²) >= 11 is 7.43. The van der Waals surface area contributed by atoms with E-state index in [0.29, 0.717) is 33.7 Å². The van der Waals surface area contributed by atoms with Gasteiger partial charge in [-0.15, -0.1) is 6.58 Å². The van der Waals surface area contributed by atoms with Gasteiger partial charge >= 0.3 is 0 Å². The van der Waals surface area contributed by atoms with Crippen LogP contribution in [0.1, 0.15) is 29.3 Å². The molecule has 1 saturated heterocycles. The van der Waals surface area contributed by atoms with E-state index in [4.69, 9.17) is 11.6 Å². The molecule has 1 atom stereocenters. The van der Waals surface area contributed by atoms with Crippen molar-refractivity contribution in [2.24, 2.45) is 4.99 Å². The Balaban J connectivity index is 1.77. The molecule has 1 unspecified atom stereocenters. The second-order valence-corrected chi connectivity index (χ2v) is 8.59. The number of carbonyl (C=O) groups excluding carboxylic acids is 3. The van der Waals surface area contributed by atoms with Gasteiger partial charge in [0, 0.05) is 29.2 Å². The number of amides is 2. The Labute approximate surface area is 190 Å². The maximum atomic E-state index is 12.9. The Morgan fingerprint density at radius 1 is 1.29 bits per heavy atom. The van der Waals surface area contributed by atoms with Crippen molar-refractivity contribution in [2.75, 3.05) is 11.9 Å². The minimum atomic E-state index is -0.603. The van der Waals surface area contributed by atoms with Crippen LogP contribution < -0.4 is 5.32 Å². The number of benzene rings is 2. The number of carbonyl (C=O) groups is 3. The summed E-state index contributed by atoms with van der Waals surface area (Å²) in [6, 6.07) is 12.1. The molecule has 3 rings (SSSR count). The molecule has 0 aliphatic carbocycles. The highest BCUT2D eigenvalue weighted by molar-refractivity contribution is 8.15. The van der Waals surface area contributed by atoms with Gasteiger partial charge in [0.1, 0.15) is 5.25 Å². The number of halogens is 1. The molecule has 160 valence electrons. The van der Waals surface area contributed by atoms with Crippen LogP contribution in [0.2, 0.25) is 5.02 Å². The number of hydrogen-bond acceptors (Lipinski definition) is 5. The minimum absolute atomic E-state index is 0.0189. The molecule has 8 heteroatoms. The number of Topliss-reactive ketones (excluding diaryl/α,β-unsaturated/α-hetero) is 1. The van der Waals surface area contributed by atoms with Gasteiger partial charge < -0.3 is 5.32 Å². The molecule has 0 spiro atoms. The van der Waals surface area contributed by atoms with Gasteiger partial charge in [-0.25, -0.2) is 4.99 Å². The van der Waals surface area contributed by atoms with Gasteiger partial charge in [-0.2, -0.15) is 0 Å². The lowest BCUT2D eigenvalue weighted by Crippen LogP contribution is -2.33. The minimum Gasteiger partial charge on any atom is -0.326 e. The van der Waals surface area contributed by atoms with Crippen LogP contribution in [0.3, 0.4) is 0 Å². The molecule has 1 N–H and O–H groups in total. The molecule has 0 saturated carbocycles. The summed E-state index contributed by atoms with van der Waals surface area (Å²) in [4.78, 5) is 43.2. The fourth-order valence-corrected chi connectivity index (χ4v) is 4.37. The molecule has 2 aromatic carbocycles. The summed E-state index contributed by atoms with van der Waals surface area (Å²) in [7, 11) is 0. The highest BCUT2D eigenvalue weighted by atomic mass is 35.5. The van der Waals surface area contributed by atoms with Crippen molar-refractivity contribution in [1.82, 2.24) is 4.90 Å². The first-order valence-electron chi connectivity index (χ1n) is 9.63. The van der Waals surface area contributed by atoms with Gasteiger partial charge in [-0.1, -0.05) is 47.6 Å². The molecule has 6 nitrogen and oxygen atoms in total.